The standard InChI is InChI=1S/C11H22O2S2/c1-3-5-8-14-11(12)7-10-15(13)9-6-4-2/h3-10H2,1-2H3. The molecule has 4 heteroatoms. The van der Waals surface area contributed by atoms with Gasteiger partial charge in [-0.2, -0.15) is 0 Å². The summed E-state index contributed by atoms with van der Waals surface area (Å²) >= 11 is 0.611. The van der Waals surface area contributed by atoms with E-state index in [9.17, 15) is 9.35 Å². The van der Waals surface area contributed by atoms with Crippen molar-refractivity contribution < 1.29 is 9.35 Å². The zero-order chi connectivity index (χ0) is 11.5. The van der Waals surface area contributed by atoms with Crippen molar-refractivity contribution >= 4 is 28.1 Å². The molecule has 0 aliphatic rings. The first-order valence-corrected chi connectivity index (χ1v) is 8.18. The molecule has 0 N–H and O–H groups in total. The first-order chi connectivity index (χ1) is 7.20. The lowest BCUT2D eigenvalue weighted by molar-refractivity contribution is -0.110. The summed E-state index contributed by atoms with van der Waals surface area (Å²) in [5.41, 5.74) is 0. The van der Waals surface area contributed by atoms with Crippen LogP contribution in [0.1, 0.15) is 46.0 Å². The normalized spacial score (nSPS) is 12.7. The molecule has 0 aliphatic heterocycles. The van der Waals surface area contributed by atoms with Crippen molar-refractivity contribution in [3.8, 4) is 0 Å². The molecule has 0 aromatic carbocycles. The van der Waals surface area contributed by atoms with Gasteiger partial charge in [0.1, 0.15) is 11.5 Å². The zero-order valence-corrected chi connectivity index (χ0v) is 11.4. The number of rotatable bonds is 9. The summed E-state index contributed by atoms with van der Waals surface area (Å²) in [5.74, 6) is 2.22. The van der Waals surface area contributed by atoms with Gasteiger partial charge in [0.25, 0.3) is 0 Å². The van der Waals surface area contributed by atoms with Crippen LogP contribution >= 0.6 is 11.8 Å². The van der Waals surface area contributed by atoms with Crippen molar-refractivity contribution in [3.63, 3.8) is 0 Å². The highest BCUT2D eigenvalue weighted by molar-refractivity contribution is 8.13. The lowest BCUT2D eigenvalue weighted by Crippen LogP contribution is -2.13. The SMILES string of the molecule is CCCCSC(=O)CC[S+]([O-])CCCC. The number of carbonyl (C=O) groups excluding carboxylic acids is 1. The van der Waals surface area contributed by atoms with Gasteiger partial charge >= 0.3 is 0 Å². The topological polar surface area (TPSA) is 40.1 Å². The Labute approximate surface area is 101 Å². The van der Waals surface area contributed by atoms with Gasteiger partial charge in [0.15, 0.2) is 5.12 Å². The minimum absolute atomic E-state index is 0.202. The minimum atomic E-state index is -0.782. The van der Waals surface area contributed by atoms with E-state index in [1.165, 1.54) is 11.8 Å². The summed E-state index contributed by atoms with van der Waals surface area (Å²) in [6, 6.07) is 0. The average molecular weight is 250 g/mol. The molecular weight excluding hydrogens is 228 g/mol. The fourth-order valence-electron chi connectivity index (χ4n) is 1.01. The molecule has 0 spiro atoms. The smallest absolute Gasteiger partial charge is 0.193 e. The molecule has 0 aromatic rings. The molecule has 0 bridgehead atoms. The van der Waals surface area contributed by atoms with Crippen LogP contribution in [-0.2, 0) is 16.0 Å². The Balaban J connectivity index is 3.36. The summed E-state index contributed by atoms with van der Waals surface area (Å²) in [4.78, 5) is 11.3. The fourth-order valence-corrected chi connectivity index (χ4v) is 3.27. The van der Waals surface area contributed by atoms with Crippen LogP contribution in [0.15, 0.2) is 0 Å². The second kappa shape index (κ2) is 10.8. The van der Waals surface area contributed by atoms with Gasteiger partial charge in [-0.15, -0.1) is 0 Å². The molecule has 1 unspecified atom stereocenters. The van der Waals surface area contributed by atoms with Crippen LogP contribution < -0.4 is 0 Å². The molecule has 0 aliphatic carbocycles. The van der Waals surface area contributed by atoms with Crippen LogP contribution in [0.5, 0.6) is 0 Å². The van der Waals surface area contributed by atoms with Crippen LogP contribution in [0.4, 0.5) is 0 Å². The Kier molecular flexibility index (Phi) is 11.1. The van der Waals surface area contributed by atoms with E-state index in [1.54, 1.807) is 0 Å². The van der Waals surface area contributed by atoms with Crippen molar-refractivity contribution in [2.75, 3.05) is 17.3 Å². The highest BCUT2D eigenvalue weighted by Gasteiger charge is 2.09. The number of carbonyl (C=O) groups is 1. The van der Waals surface area contributed by atoms with Crippen molar-refractivity contribution in [2.45, 2.75) is 46.0 Å². The number of thioether (sulfide) groups is 1. The van der Waals surface area contributed by atoms with E-state index in [4.69, 9.17) is 0 Å². The molecule has 2 nitrogen and oxygen atoms in total. The van der Waals surface area contributed by atoms with Gasteiger partial charge in [-0.1, -0.05) is 49.6 Å². The van der Waals surface area contributed by atoms with Gasteiger partial charge in [-0.05, 0) is 12.8 Å². The zero-order valence-electron chi connectivity index (χ0n) is 9.79. The lowest BCUT2D eigenvalue weighted by atomic mass is 10.4. The van der Waals surface area contributed by atoms with Gasteiger partial charge < -0.3 is 4.55 Å². The maximum absolute atomic E-state index is 11.4. The molecule has 0 radical (unpaired) electrons. The molecule has 15 heavy (non-hydrogen) atoms. The fraction of sp³-hybridized carbons (Fsp3) is 0.909. The number of hydrogen-bond donors (Lipinski definition) is 0. The second-order valence-corrected chi connectivity index (χ2v) is 6.37. The molecule has 90 valence electrons. The van der Waals surface area contributed by atoms with E-state index in [1.807, 2.05) is 0 Å². The van der Waals surface area contributed by atoms with Crippen LogP contribution in [-0.4, -0.2) is 26.9 Å². The summed E-state index contributed by atoms with van der Waals surface area (Å²) in [6.45, 7) is 4.20. The van der Waals surface area contributed by atoms with Gasteiger partial charge in [0, 0.05) is 5.75 Å². The van der Waals surface area contributed by atoms with Crippen LogP contribution in [0, 0.1) is 0 Å². The van der Waals surface area contributed by atoms with Crippen molar-refractivity contribution in [1.29, 1.82) is 0 Å². The van der Waals surface area contributed by atoms with E-state index in [-0.39, 0.29) is 5.12 Å². The third kappa shape index (κ3) is 10.6. The van der Waals surface area contributed by atoms with Crippen LogP contribution in [0.2, 0.25) is 0 Å². The number of unbranched alkanes of at least 4 members (excludes halogenated alkanes) is 2. The monoisotopic (exact) mass is 250 g/mol. The highest BCUT2D eigenvalue weighted by Crippen LogP contribution is 2.10. The Morgan fingerprint density at radius 1 is 1.20 bits per heavy atom. The summed E-state index contributed by atoms with van der Waals surface area (Å²) in [6.07, 6.45) is 4.78. The third-order valence-corrected chi connectivity index (χ3v) is 4.44. The first kappa shape index (κ1) is 15.3. The summed E-state index contributed by atoms with van der Waals surface area (Å²) < 4.78 is 11.4. The third-order valence-electron chi connectivity index (χ3n) is 2.02. The van der Waals surface area contributed by atoms with Gasteiger partial charge in [-0.25, -0.2) is 0 Å². The quantitative estimate of drug-likeness (QED) is 0.466. The molecule has 0 amide bonds. The summed E-state index contributed by atoms with van der Waals surface area (Å²) in [7, 11) is 0. The largest absolute Gasteiger partial charge is 0.616 e. The Hall–Kier alpha value is 0.330. The van der Waals surface area contributed by atoms with E-state index in [0.29, 0.717) is 12.2 Å². The maximum Gasteiger partial charge on any atom is 0.193 e. The molecule has 0 aromatic heterocycles. The van der Waals surface area contributed by atoms with Gasteiger partial charge in [0.2, 0.25) is 0 Å². The van der Waals surface area contributed by atoms with E-state index in [2.05, 4.69) is 13.8 Å². The van der Waals surface area contributed by atoms with Crippen molar-refractivity contribution in [2.24, 2.45) is 0 Å². The highest BCUT2D eigenvalue weighted by atomic mass is 32.2. The second-order valence-electron chi connectivity index (χ2n) is 3.53. The first-order valence-electron chi connectivity index (χ1n) is 5.71. The van der Waals surface area contributed by atoms with E-state index in [0.717, 1.165) is 37.2 Å². The van der Waals surface area contributed by atoms with E-state index < -0.39 is 11.2 Å². The average Bonchev–Trinajstić information content (AvgIpc) is 2.24. The van der Waals surface area contributed by atoms with Gasteiger partial charge in [-0.3, -0.25) is 4.79 Å². The number of hydrogen-bond acceptors (Lipinski definition) is 3. The Morgan fingerprint density at radius 2 is 1.87 bits per heavy atom. The molecule has 0 heterocycles. The van der Waals surface area contributed by atoms with E-state index >= 15 is 0 Å². The predicted octanol–water partition coefficient (Wildman–Crippen LogP) is 2.99. The Morgan fingerprint density at radius 3 is 2.47 bits per heavy atom. The van der Waals surface area contributed by atoms with Crippen LogP contribution in [0.25, 0.3) is 0 Å². The minimum Gasteiger partial charge on any atom is -0.616 e. The van der Waals surface area contributed by atoms with Crippen molar-refractivity contribution in [3.05, 3.63) is 0 Å². The molecule has 1 atom stereocenters. The maximum atomic E-state index is 11.4. The molecule has 0 fully saturated rings. The lowest BCUT2D eigenvalue weighted by Gasteiger charge is -2.09. The predicted molar refractivity (Wildman–Crippen MR) is 69.8 cm³/mol. The molecule has 0 saturated carbocycles. The molecule has 0 saturated heterocycles. The van der Waals surface area contributed by atoms with Crippen LogP contribution in [0.3, 0.4) is 0 Å². The molecular formula is C11H22O2S2. The summed E-state index contributed by atoms with van der Waals surface area (Å²) in [5, 5.41) is 0.202. The van der Waals surface area contributed by atoms with Gasteiger partial charge in [0.05, 0.1) is 6.42 Å². The Bertz CT molecular complexity index is 163. The molecule has 0 rings (SSSR count). The van der Waals surface area contributed by atoms with Crippen molar-refractivity contribution in [1.82, 2.24) is 0 Å².